The van der Waals surface area contributed by atoms with Crippen LogP contribution in [0, 0.1) is 13.8 Å². The van der Waals surface area contributed by atoms with E-state index in [1.165, 1.54) is 12.1 Å². The van der Waals surface area contributed by atoms with Crippen LogP contribution in [0.5, 0.6) is 0 Å². The Hall–Kier alpha value is -2.89. The van der Waals surface area contributed by atoms with Gasteiger partial charge in [0.1, 0.15) is 0 Å². The highest BCUT2D eigenvalue weighted by Crippen LogP contribution is 2.23. The number of amides is 2. The van der Waals surface area contributed by atoms with Crippen molar-refractivity contribution in [2.75, 3.05) is 0 Å². The van der Waals surface area contributed by atoms with Crippen LogP contribution in [0.4, 0.5) is 0 Å². The zero-order valence-corrected chi connectivity index (χ0v) is 11.5. The van der Waals surface area contributed by atoms with Gasteiger partial charge in [-0.05, 0) is 32.0 Å². The van der Waals surface area contributed by atoms with Crippen LogP contribution >= 0.6 is 0 Å². The van der Waals surface area contributed by atoms with Crippen molar-refractivity contribution in [1.82, 2.24) is 10.0 Å². The number of benzene rings is 1. The fraction of sp³-hybridized carbons (Fsp3) is 0.133. The molecule has 1 aromatic heterocycles. The minimum absolute atomic E-state index is 0.234. The summed E-state index contributed by atoms with van der Waals surface area (Å²) in [5, 5.41) is 0.509. The molecule has 1 aliphatic rings. The standard InChI is InChI=1S/C15H12N2O4/c1-8-7-12(9(2)16-8)15(20)21-17-13(18)10-5-3-4-6-11(10)14(17)19/h3-7,16H,1-2H3. The number of hydrogen-bond donors (Lipinski definition) is 1. The molecule has 21 heavy (non-hydrogen) atoms. The van der Waals surface area contributed by atoms with E-state index in [1.54, 1.807) is 32.0 Å². The molecular formula is C15H12N2O4. The molecule has 0 bridgehead atoms. The summed E-state index contributed by atoms with van der Waals surface area (Å²) >= 11 is 0. The van der Waals surface area contributed by atoms with Crippen molar-refractivity contribution in [2.45, 2.75) is 13.8 Å². The average molecular weight is 284 g/mol. The van der Waals surface area contributed by atoms with Gasteiger partial charge in [-0.3, -0.25) is 9.59 Å². The molecule has 0 radical (unpaired) electrons. The van der Waals surface area contributed by atoms with Crippen LogP contribution < -0.4 is 0 Å². The number of aromatic amines is 1. The van der Waals surface area contributed by atoms with Gasteiger partial charge < -0.3 is 9.82 Å². The fourth-order valence-corrected chi connectivity index (χ4v) is 2.32. The predicted molar refractivity (Wildman–Crippen MR) is 72.6 cm³/mol. The summed E-state index contributed by atoms with van der Waals surface area (Å²) < 4.78 is 0. The second kappa shape index (κ2) is 4.59. The molecule has 2 heterocycles. The molecule has 0 aliphatic carbocycles. The number of aryl methyl sites for hydroxylation is 2. The van der Waals surface area contributed by atoms with Gasteiger partial charge in [-0.1, -0.05) is 17.2 Å². The summed E-state index contributed by atoms with van der Waals surface area (Å²) in [5.74, 6) is -2.01. The Morgan fingerprint density at radius 2 is 1.67 bits per heavy atom. The molecule has 1 aromatic carbocycles. The zero-order valence-electron chi connectivity index (χ0n) is 11.5. The summed E-state index contributed by atoms with van der Waals surface area (Å²) in [5.41, 5.74) is 2.18. The lowest BCUT2D eigenvalue weighted by Gasteiger charge is -2.12. The van der Waals surface area contributed by atoms with E-state index in [-0.39, 0.29) is 11.1 Å². The first-order chi connectivity index (χ1) is 9.99. The maximum Gasteiger partial charge on any atom is 0.365 e. The van der Waals surface area contributed by atoms with E-state index in [4.69, 9.17) is 4.84 Å². The smallest absolute Gasteiger partial charge is 0.362 e. The molecule has 0 saturated carbocycles. The number of aromatic nitrogens is 1. The van der Waals surface area contributed by atoms with Gasteiger partial charge in [0.05, 0.1) is 16.7 Å². The molecule has 6 nitrogen and oxygen atoms in total. The van der Waals surface area contributed by atoms with Crippen LogP contribution in [0.25, 0.3) is 0 Å². The third-order valence-electron chi connectivity index (χ3n) is 3.30. The number of H-pyrrole nitrogens is 1. The van der Waals surface area contributed by atoms with E-state index >= 15 is 0 Å². The van der Waals surface area contributed by atoms with Gasteiger partial charge in [-0.2, -0.15) is 0 Å². The monoisotopic (exact) mass is 284 g/mol. The van der Waals surface area contributed by atoms with E-state index in [2.05, 4.69) is 4.98 Å². The summed E-state index contributed by atoms with van der Waals surface area (Å²) in [7, 11) is 0. The lowest BCUT2D eigenvalue weighted by atomic mass is 10.1. The van der Waals surface area contributed by atoms with E-state index in [0.29, 0.717) is 16.3 Å². The first-order valence-electron chi connectivity index (χ1n) is 6.35. The largest absolute Gasteiger partial charge is 0.365 e. The Labute approximate surface area is 120 Å². The van der Waals surface area contributed by atoms with Gasteiger partial charge in [-0.15, -0.1) is 0 Å². The second-order valence-electron chi connectivity index (χ2n) is 4.82. The maximum atomic E-state index is 12.1. The van der Waals surface area contributed by atoms with Gasteiger partial charge in [0.15, 0.2) is 0 Å². The quantitative estimate of drug-likeness (QED) is 0.855. The Morgan fingerprint density at radius 1 is 1.10 bits per heavy atom. The first kappa shape index (κ1) is 13.1. The van der Waals surface area contributed by atoms with Crippen molar-refractivity contribution in [3.8, 4) is 0 Å². The number of imide groups is 1. The zero-order chi connectivity index (χ0) is 15.1. The number of nitrogens with one attached hydrogen (secondary N) is 1. The number of hydrogen-bond acceptors (Lipinski definition) is 4. The van der Waals surface area contributed by atoms with Crippen LogP contribution in [-0.4, -0.2) is 27.8 Å². The minimum atomic E-state index is -0.744. The molecule has 0 fully saturated rings. The highest BCUT2D eigenvalue weighted by Gasteiger charge is 2.39. The third-order valence-corrected chi connectivity index (χ3v) is 3.30. The summed E-state index contributed by atoms with van der Waals surface area (Å²) in [4.78, 5) is 44.2. The summed E-state index contributed by atoms with van der Waals surface area (Å²) in [6.45, 7) is 3.51. The average Bonchev–Trinajstić information content (AvgIpc) is 2.92. The van der Waals surface area contributed by atoms with Crippen molar-refractivity contribution in [2.24, 2.45) is 0 Å². The Bertz CT molecular complexity index is 741. The molecule has 0 saturated heterocycles. The van der Waals surface area contributed by atoms with E-state index in [1.807, 2.05) is 0 Å². The molecule has 106 valence electrons. The lowest BCUT2D eigenvalue weighted by Crippen LogP contribution is -2.32. The van der Waals surface area contributed by atoms with Crippen molar-refractivity contribution >= 4 is 17.8 Å². The van der Waals surface area contributed by atoms with Crippen molar-refractivity contribution in [3.63, 3.8) is 0 Å². The highest BCUT2D eigenvalue weighted by molar-refractivity contribution is 6.21. The molecule has 6 heteroatoms. The van der Waals surface area contributed by atoms with Gasteiger partial charge >= 0.3 is 5.97 Å². The molecule has 0 spiro atoms. The number of rotatable bonds is 2. The van der Waals surface area contributed by atoms with Crippen molar-refractivity contribution in [3.05, 3.63) is 58.4 Å². The topological polar surface area (TPSA) is 79.5 Å². The van der Waals surface area contributed by atoms with E-state index in [9.17, 15) is 14.4 Å². The third kappa shape index (κ3) is 2.01. The summed E-state index contributed by atoms with van der Waals surface area (Å²) in [6.07, 6.45) is 0. The molecule has 0 unspecified atom stereocenters. The van der Waals surface area contributed by atoms with Crippen molar-refractivity contribution < 1.29 is 19.2 Å². The molecule has 0 atom stereocenters. The van der Waals surface area contributed by atoms with Gasteiger partial charge in [-0.25, -0.2) is 4.79 Å². The summed E-state index contributed by atoms with van der Waals surface area (Å²) in [6, 6.07) is 7.95. The maximum absolute atomic E-state index is 12.1. The minimum Gasteiger partial charge on any atom is -0.362 e. The highest BCUT2D eigenvalue weighted by atomic mass is 16.7. The molecule has 3 rings (SSSR count). The lowest BCUT2D eigenvalue weighted by molar-refractivity contribution is -0.0585. The first-order valence-corrected chi connectivity index (χ1v) is 6.35. The molecular weight excluding hydrogens is 272 g/mol. The number of carbonyl (C=O) groups is 3. The van der Waals surface area contributed by atoms with Gasteiger partial charge in [0.2, 0.25) is 0 Å². The van der Waals surface area contributed by atoms with E-state index < -0.39 is 17.8 Å². The van der Waals surface area contributed by atoms with Gasteiger partial charge in [0, 0.05) is 11.4 Å². The molecule has 2 aromatic rings. The fourth-order valence-electron chi connectivity index (χ4n) is 2.32. The van der Waals surface area contributed by atoms with Crippen LogP contribution in [0.15, 0.2) is 30.3 Å². The van der Waals surface area contributed by atoms with Crippen molar-refractivity contribution in [1.29, 1.82) is 0 Å². The Kier molecular flexibility index (Phi) is 2.86. The van der Waals surface area contributed by atoms with Crippen LogP contribution in [0.3, 0.4) is 0 Å². The molecule has 1 aliphatic heterocycles. The normalized spacial score (nSPS) is 13.5. The number of carbonyl (C=O) groups excluding carboxylic acids is 3. The Balaban J connectivity index is 1.87. The molecule has 2 amide bonds. The van der Waals surface area contributed by atoms with Crippen LogP contribution in [-0.2, 0) is 4.84 Å². The van der Waals surface area contributed by atoms with Gasteiger partial charge in [0.25, 0.3) is 11.8 Å². The predicted octanol–water partition coefficient (Wildman–Crippen LogP) is 2.00. The second-order valence-corrected chi connectivity index (χ2v) is 4.82. The van der Waals surface area contributed by atoms with Crippen LogP contribution in [0.2, 0.25) is 0 Å². The van der Waals surface area contributed by atoms with E-state index in [0.717, 1.165) is 5.69 Å². The number of hydroxylamine groups is 2. The Morgan fingerprint density at radius 3 is 2.14 bits per heavy atom. The SMILES string of the molecule is Cc1cc(C(=O)ON2C(=O)c3ccccc3C2=O)c(C)[nH]1. The van der Waals surface area contributed by atoms with Crippen LogP contribution in [0.1, 0.15) is 42.5 Å². The molecule has 1 N–H and O–H groups in total. The number of nitrogens with zero attached hydrogens (tertiary/aromatic N) is 1. The number of fused-ring (bicyclic) bond motifs is 1.